The van der Waals surface area contributed by atoms with Gasteiger partial charge in [0.25, 0.3) is 6.29 Å². The maximum Gasteiger partial charge on any atom is 0.251 e. The lowest BCUT2D eigenvalue weighted by Crippen LogP contribution is -2.42. The summed E-state index contributed by atoms with van der Waals surface area (Å²) >= 11 is 6.06. The molecular weight excluding hydrogens is 256 g/mol. The van der Waals surface area contributed by atoms with Crippen LogP contribution in [0, 0.1) is 0 Å². The van der Waals surface area contributed by atoms with Crippen LogP contribution in [-0.4, -0.2) is 5.79 Å². The lowest BCUT2D eigenvalue weighted by atomic mass is 9.94. The van der Waals surface area contributed by atoms with Gasteiger partial charge in [-0.3, -0.25) is 0 Å². The number of rotatable bonds is 1. The van der Waals surface area contributed by atoms with Gasteiger partial charge in [0, 0.05) is 23.4 Å². The van der Waals surface area contributed by atoms with Crippen LogP contribution in [0.2, 0.25) is 5.02 Å². The van der Waals surface area contributed by atoms with Gasteiger partial charge in [-0.1, -0.05) is 36.2 Å². The second kappa shape index (κ2) is 5.15. The van der Waals surface area contributed by atoms with Crippen molar-refractivity contribution in [2.75, 3.05) is 0 Å². The fourth-order valence-corrected chi connectivity index (χ4v) is 2.54. The van der Waals surface area contributed by atoms with Crippen molar-refractivity contribution >= 4 is 11.6 Å². The quantitative estimate of drug-likeness (QED) is 0.725. The molecule has 1 spiro atoms. The summed E-state index contributed by atoms with van der Waals surface area (Å²) in [7, 11) is 0. The van der Waals surface area contributed by atoms with Crippen LogP contribution in [0.25, 0.3) is 0 Å². The lowest BCUT2D eigenvalue weighted by Gasteiger charge is -2.39. The van der Waals surface area contributed by atoms with Gasteiger partial charge < -0.3 is 0 Å². The van der Waals surface area contributed by atoms with Gasteiger partial charge in [-0.25, -0.2) is 0 Å². The van der Waals surface area contributed by atoms with Gasteiger partial charge in [0.2, 0.25) is 5.79 Å². The molecule has 1 saturated heterocycles. The molecule has 1 aromatic rings. The number of benzene rings is 1. The standard InChI is InChI=1S/C13H15ClO4/c14-11-7-3-2-6-10(11)12-15-17-13(18-16-12)8-4-1-5-9-13/h2-3,6-7,12H,1,4-5,8-9H2. The van der Waals surface area contributed by atoms with Crippen molar-refractivity contribution in [3.05, 3.63) is 34.9 Å². The molecule has 98 valence electrons. The first-order valence-corrected chi connectivity index (χ1v) is 6.60. The molecule has 18 heavy (non-hydrogen) atoms. The minimum absolute atomic E-state index is 0.564. The molecular formula is C13H15ClO4. The summed E-state index contributed by atoms with van der Waals surface area (Å²) in [6, 6.07) is 7.30. The maximum atomic E-state index is 6.06. The lowest BCUT2D eigenvalue weighted by molar-refractivity contribution is -0.633. The predicted molar refractivity (Wildman–Crippen MR) is 64.3 cm³/mol. The van der Waals surface area contributed by atoms with Gasteiger partial charge in [-0.15, -0.1) is 0 Å². The topological polar surface area (TPSA) is 36.9 Å². The molecule has 0 atom stereocenters. The van der Waals surface area contributed by atoms with Crippen LogP contribution in [0.3, 0.4) is 0 Å². The Morgan fingerprint density at radius 3 is 2.33 bits per heavy atom. The smallest absolute Gasteiger partial charge is 0.195 e. The largest absolute Gasteiger partial charge is 0.251 e. The van der Waals surface area contributed by atoms with Crippen molar-refractivity contribution in [2.24, 2.45) is 0 Å². The Bertz CT molecular complexity index is 407. The summed E-state index contributed by atoms with van der Waals surface area (Å²) in [4.78, 5) is 21.5. The van der Waals surface area contributed by atoms with Gasteiger partial charge in [-0.05, 0) is 18.9 Å². The fourth-order valence-electron chi connectivity index (χ4n) is 2.32. The van der Waals surface area contributed by atoms with E-state index in [-0.39, 0.29) is 0 Å². The molecule has 0 aromatic heterocycles. The third kappa shape index (κ3) is 2.39. The van der Waals surface area contributed by atoms with Crippen LogP contribution in [0.5, 0.6) is 0 Å². The maximum absolute atomic E-state index is 6.06. The van der Waals surface area contributed by atoms with Crippen LogP contribution in [0.4, 0.5) is 0 Å². The molecule has 0 bridgehead atoms. The van der Waals surface area contributed by atoms with Crippen molar-refractivity contribution < 1.29 is 19.6 Å². The summed E-state index contributed by atoms with van der Waals surface area (Å²) in [5.74, 6) is -0.726. The van der Waals surface area contributed by atoms with Crippen molar-refractivity contribution in [1.82, 2.24) is 0 Å². The molecule has 0 radical (unpaired) electrons. The van der Waals surface area contributed by atoms with E-state index in [2.05, 4.69) is 0 Å². The summed E-state index contributed by atoms with van der Waals surface area (Å²) in [5, 5.41) is 0.564. The average molecular weight is 271 g/mol. The van der Waals surface area contributed by atoms with Crippen LogP contribution in [0.1, 0.15) is 44.0 Å². The third-order valence-corrected chi connectivity index (χ3v) is 3.69. The van der Waals surface area contributed by atoms with Crippen LogP contribution in [-0.2, 0) is 19.6 Å². The molecule has 0 N–H and O–H groups in total. The normalized spacial score (nSPS) is 24.3. The Morgan fingerprint density at radius 1 is 1.00 bits per heavy atom. The number of halogens is 1. The van der Waals surface area contributed by atoms with E-state index in [9.17, 15) is 0 Å². The predicted octanol–water partition coefficient (Wildman–Crippen LogP) is 3.91. The highest BCUT2D eigenvalue weighted by Gasteiger charge is 2.43. The fraction of sp³-hybridized carbons (Fsp3) is 0.538. The second-order valence-corrected chi connectivity index (χ2v) is 5.09. The molecule has 4 nitrogen and oxygen atoms in total. The Hall–Kier alpha value is -0.650. The van der Waals surface area contributed by atoms with E-state index in [1.807, 2.05) is 18.2 Å². The van der Waals surface area contributed by atoms with E-state index >= 15 is 0 Å². The molecule has 3 rings (SSSR count). The van der Waals surface area contributed by atoms with Crippen molar-refractivity contribution in [2.45, 2.75) is 44.2 Å². The van der Waals surface area contributed by atoms with Gasteiger partial charge in [0.15, 0.2) is 0 Å². The minimum atomic E-state index is -0.730. The third-order valence-electron chi connectivity index (χ3n) is 3.35. The molecule has 1 saturated carbocycles. The molecule has 0 amide bonds. The summed E-state index contributed by atoms with van der Waals surface area (Å²) in [5.41, 5.74) is 0.699. The van der Waals surface area contributed by atoms with Crippen LogP contribution >= 0.6 is 11.6 Å². The second-order valence-electron chi connectivity index (χ2n) is 4.68. The Labute approximate surface area is 111 Å². The Morgan fingerprint density at radius 2 is 1.67 bits per heavy atom. The average Bonchev–Trinajstić information content (AvgIpc) is 2.42. The number of hydrogen-bond donors (Lipinski definition) is 0. The minimum Gasteiger partial charge on any atom is -0.195 e. The van der Waals surface area contributed by atoms with Crippen molar-refractivity contribution in [1.29, 1.82) is 0 Å². The first kappa shape index (κ1) is 12.4. The van der Waals surface area contributed by atoms with Crippen molar-refractivity contribution in [3.63, 3.8) is 0 Å². The van der Waals surface area contributed by atoms with Gasteiger partial charge in [0.1, 0.15) is 0 Å². The molecule has 2 aliphatic rings. The molecule has 1 aromatic carbocycles. The zero-order valence-corrected chi connectivity index (χ0v) is 10.7. The van der Waals surface area contributed by atoms with E-state index < -0.39 is 12.1 Å². The van der Waals surface area contributed by atoms with E-state index in [1.165, 1.54) is 6.42 Å². The Kier molecular flexibility index (Phi) is 3.54. The zero-order valence-electron chi connectivity index (χ0n) is 9.93. The van der Waals surface area contributed by atoms with Gasteiger partial charge >= 0.3 is 0 Å². The highest BCUT2D eigenvalue weighted by molar-refractivity contribution is 6.31. The molecule has 2 fully saturated rings. The first-order chi connectivity index (χ1) is 8.79. The monoisotopic (exact) mass is 270 g/mol. The van der Waals surface area contributed by atoms with Gasteiger partial charge in [0.05, 0.1) is 0 Å². The Balaban J connectivity index is 1.68. The van der Waals surface area contributed by atoms with E-state index in [0.29, 0.717) is 10.6 Å². The van der Waals surface area contributed by atoms with Crippen molar-refractivity contribution in [3.8, 4) is 0 Å². The summed E-state index contributed by atoms with van der Waals surface area (Å²) < 4.78 is 0. The highest BCUT2D eigenvalue weighted by Crippen LogP contribution is 2.40. The van der Waals surface area contributed by atoms with Crippen LogP contribution < -0.4 is 0 Å². The number of hydrogen-bond acceptors (Lipinski definition) is 4. The highest BCUT2D eigenvalue weighted by atomic mass is 35.5. The van der Waals surface area contributed by atoms with Gasteiger partial charge in [-0.2, -0.15) is 19.6 Å². The molecule has 1 heterocycles. The molecule has 1 aliphatic heterocycles. The summed E-state index contributed by atoms with van der Waals surface area (Å²) in [6.45, 7) is 0. The summed E-state index contributed by atoms with van der Waals surface area (Å²) in [6.07, 6.45) is 4.17. The molecule has 0 unspecified atom stereocenters. The zero-order chi connectivity index (χ0) is 12.4. The van der Waals surface area contributed by atoms with E-state index in [0.717, 1.165) is 25.7 Å². The SMILES string of the molecule is Clc1ccccc1C1OOC2(CCCCC2)OO1. The molecule has 1 aliphatic carbocycles. The van der Waals surface area contributed by atoms with Crippen LogP contribution in [0.15, 0.2) is 24.3 Å². The van der Waals surface area contributed by atoms with E-state index in [4.69, 9.17) is 31.2 Å². The molecule has 5 heteroatoms. The van der Waals surface area contributed by atoms with E-state index in [1.54, 1.807) is 6.07 Å². The first-order valence-electron chi connectivity index (χ1n) is 6.23.